The van der Waals surface area contributed by atoms with Crippen molar-refractivity contribution in [1.29, 1.82) is 0 Å². The summed E-state index contributed by atoms with van der Waals surface area (Å²) in [6, 6.07) is 11.4. The fourth-order valence-electron chi connectivity index (χ4n) is 2.03. The first-order valence-corrected chi connectivity index (χ1v) is 7.90. The number of nitrogens with one attached hydrogen (secondary N) is 2. The second kappa shape index (κ2) is 8.30. The minimum absolute atomic E-state index is 0.104. The smallest absolute Gasteiger partial charge is 0.319 e. The molecule has 2 amide bonds. The molecular formula is C16H16BrN3O4. The van der Waals surface area contributed by atoms with E-state index in [0.717, 1.165) is 10.0 Å². The molecule has 0 spiro atoms. The maximum atomic E-state index is 11.9. The molecule has 2 rings (SSSR count). The normalized spacial score (nSPS) is 10.1. The second-order valence-electron chi connectivity index (χ2n) is 4.90. The number of methoxy groups -OCH3 is 1. The van der Waals surface area contributed by atoms with Crippen molar-refractivity contribution >= 4 is 33.3 Å². The Morgan fingerprint density at radius 2 is 1.96 bits per heavy atom. The van der Waals surface area contributed by atoms with Crippen LogP contribution >= 0.6 is 15.9 Å². The van der Waals surface area contributed by atoms with Gasteiger partial charge in [-0.05, 0) is 30.2 Å². The Morgan fingerprint density at radius 1 is 1.25 bits per heavy atom. The van der Waals surface area contributed by atoms with Gasteiger partial charge in [0, 0.05) is 17.1 Å². The fraction of sp³-hybridized carbons (Fsp3) is 0.188. The molecule has 0 aliphatic carbocycles. The van der Waals surface area contributed by atoms with Crippen molar-refractivity contribution in [2.75, 3.05) is 19.0 Å². The lowest BCUT2D eigenvalue weighted by Crippen LogP contribution is -2.30. The first kappa shape index (κ1) is 17.7. The van der Waals surface area contributed by atoms with Gasteiger partial charge in [0.15, 0.2) is 0 Å². The summed E-state index contributed by atoms with van der Waals surface area (Å²) in [7, 11) is 1.38. The lowest BCUT2D eigenvalue weighted by atomic mass is 10.1. The molecule has 8 heteroatoms. The number of carbonyl (C=O) groups is 1. The molecule has 0 aliphatic rings. The van der Waals surface area contributed by atoms with Crippen LogP contribution in [0.25, 0.3) is 0 Å². The number of nitro groups is 1. The highest BCUT2D eigenvalue weighted by atomic mass is 79.9. The van der Waals surface area contributed by atoms with E-state index in [-0.39, 0.29) is 11.4 Å². The summed E-state index contributed by atoms with van der Waals surface area (Å²) in [5.74, 6) is 0.229. The lowest BCUT2D eigenvalue weighted by molar-refractivity contribution is -0.384. The molecule has 2 aromatic carbocycles. The number of carbonyl (C=O) groups excluding carboxylic acids is 1. The van der Waals surface area contributed by atoms with Crippen molar-refractivity contribution in [3.05, 3.63) is 62.6 Å². The minimum Gasteiger partial charge on any atom is -0.494 e. The molecule has 0 aliphatic heterocycles. The predicted molar refractivity (Wildman–Crippen MR) is 94.5 cm³/mol. The number of halogens is 1. The fourth-order valence-corrected chi connectivity index (χ4v) is 2.30. The summed E-state index contributed by atoms with van der Waals surface area (Å²) in [6.07, 6.45) is 0.693. The molecule has 0 fully saturated rings. The molecule has 24 heavy (non-hydrogen) atoms. The Bertz CT molecular complexity index is 735. The maximum absolute atomic E-state index is 11.9. The predicted octanol–water partition coefficient (Wildman–Crippen LogP) is 3.73. The monoisotopic (exact) mass is 393 g/mol. The number of hydrogen-bond donors (Lipinski definition) is 2. The van der Waals surface area contributed by atoms with Crippen LogP contribution in [0.2, 0.25) is 0 Å². The van der Waals surface area contributed by atoms with E-state index in [1.807, 2.05) is 24.3 Å². The Balaban J connectivity index is 1.90. The van der Waals surface area contributed by atoms with Crippen molar-refractivity contribution in [3.8, 4) is 5.75 Å². The Labute approximate surface area is 147 Å². The first-order valence-electron chi connectivity index (χ1n) is 7.11. The van der Waals surface area contributed by atoms with Gasteiger partial charge in [-0.25, -0.2) is 4.79 Å². The van der Waals surface area contributed by atoms with E-state index in [9.17, 15) is 14.9 Å². The van der Waals surface area contributed by atoms with Crippen LogP contribution in [-0.4, -0.2) is 24.6 Å². The number of ether oxygens (including phenoxy) is 1. The molecule has 0 saturated carbocycles. The van der Waals surface area contributed by atoms with Gasteiger partial charge < -0.3 is 15.4 Å². The quantitative estimate of drug-likeness (QED) is 0.577. The van der Waals surface area contributed by atoms with E-state index in [1.54, 1.807) is 0 Å². The second-order valence-corrected chi connectivity index (χ2v) is 5.81. The van der Waals surface area contributed by atoms with Crippen LogP contribution < -0.4 is 15.4 Å². The zero-order chi connectivity index (χ0) is 17.5. The van der Waals surface area contributed by atoms with Crippen LogP contribution in [0.3, 0.4) is 0 Å². The van der Waals surface area contributed by atoms with Crippen molar-refractivity contribution in [2.45, 2.75) is 6.42 Å². The van der Waals surface area contributed by atoms with Crippen LogP contribution in [0, 0.1) is 10.1 Å². The number of anilines is 1. The largest absolute Gasteiger partial charge is 0.494 e. The van der Waals surface area contributed by atoms with Gasteiger partial charge in [-0.2, -0.15) is 0 Å². The third-order valence-corrected chi connectivity index (χ3v) is 3.79. The topological polar surface area (TPSA) is 93.5 Å². The summed E-state index contributed by atoms with van der Waals surface area (Å²) in [6.45, 7) is 0.461. The molecular weight excluding hydrogens is 378 g/mol. The Hall–Kier alpha value is -2.61. The van der Waals surface area contributed by atoms with E-state index in [4.69, 9.17) is 4.74 Å². The van der Waals surface area contributed by atoms with Gasteiger partial charge >= 0.3 is 6.03 Å². The Morgan fingerprint density at radius 3 is 2.58 bits per heavy atom. The van der Waals surface area contributed by atoms with E-state index in [0.29, 0.717) is 18.7 Å². The lowest BCUT2D eigenvalue weighted by Gasteiger charge is -2.11. The average Bonchev–Trinajstić information content (AvgIpc) is 2.56. The highest BCUT2D eigenvalue weighted by Gasteiger charge is 2.13. The summed E-state index contributed by atoms with van der Waals surface area (Å²) < 4.78 is 6.07. The van der Waals surface area contributed by atoms with E-state index in [1.165, 1.54) is 25.3 Å². The first-order chi connectivity index (χ1) is 11.5. The van der Waals surface area contributed by atoms with E-state index in [2.05, 4.69) is 26.6 Å². The summed E-state index contributed by atoms with van der Waals surface area (Å²) in [4.78, 5) is 22.1. The van der Waals surface area contributed by atoms with Crippen LogP contribution in [0.15, 0.2) is 46.9 Å². The van der Waals surface area contributed by atoms with Crippen molar-refractivity contribution < 1.29 is 14.5 Å². The highest BCUT2D eigenvalue weighted by molar-refractivity contribution is 9.10. The van der Waals surface area contributed by atoms with Crippen LogP contribution in [0.4, 0.5) is 16.2 Å². The molecule has 0 heterocycles. The number of benzene rings is 2. The molecule has 126 valence electrons. The molecule has 0 aromatic heterocycles. The molecule has 2 aromatic rings. The molecule has 0 atom stereocenters. The van der Waals surface area contributed by atoms with Gasteiger partial charge in [-0.1, -0.05) is 28.1 Å². The molecule has 2 N–H and O–H groups in total. The van der Waals surface area contributed by atoms with Crippen LogP contribution in [0.1, 0.15) is 5.56 Å². The standard InChI is InChI=1S/C16H16BrN3O4/c1-24-15-10-13(20(22)23)6-7-14(15)19-16(21)18-9-8-11-2-4-12(17)5-3-11/h2-7,10H,8-9H2,1H3,(H2,18,19,21). The van der Waals surface area contributed by atoms with Gasteiger partial charge in [0.1, 0.15) is 5.75 Å². The SMILES string of the molecule is COc1cc([N+](=O)[O-])ccc1NC(=O)NCCc1ccc(Br)cc1. The third-order valence-electron chi connectivity index (χ3n) is 3.26. The average molecular weight is 394 g/mol. The van der Waals surface area contributed by atoms with Gasteiger partial charge in [-0.15, -0.1) is 0 Å². The number of nitrogens with zero attached hydrogens (tertiary/aromatic N) is 1. The Kier molecular flexibility index (Phi) is 6.14. The number of urea groups is 1. The number of rotatable bonds is 6. The summed E-state index contributed by atoms with van der Waals surface area (Å²) in [5, 5.41) is 16.1. The van der Waals surface area contributed by atoms with Crippen molar-refractivity contribution in [1.82, 2.24) is 5.32 Å². The zero-order valence-electron chi connectivity index (χ0n) is 12.9. The van der Waals surface area contributed by atoms with Gasteiger partial charge in [0.2, 0.25) is 0 Å². The number of amides is 2. The van der Waals surface area contributed by atoms with Crippen molar-refractivity contribution in [2.24, 2.45) is 0 Å². The van der Waals surface area contributed by atoms with Gasteiger partial charge in [-0.3, -0.25) is 10.1 Å². The van der Waals surface area contributed by atoms with Crippen LogP contribution in [0.5, 0.6) is 5.75 Å². The zero-order valence-corrected chi connectivity index (χ0v) is 14.5. The maximum Gasteiger partial charge on any atom is 0.319 e. The van der Waals surface area contributed by atoms with Crippen molar-refractivity contribution in [3.63, 3.8) is 0 Å². The third kappa shape index (κ3) is 4.95. The number of non-ortho nitro benzene ring substituents is 1. The molecule has 0 bridgehead atoms. The molecule has 0 radical (unpaired) electrons. The van der Waals surface area contributed by atoms with Gasteiger partial charge in [0.25, 0.3) is 5.69 Å². The summed E-state index contributed by atoms with van der Waals surface area (Å²) in [5.41, 5.74) is 1.36. The molecule has 0 saturated heterocycles. The number of nitro benzene ring substituents is 1. The summed E-state index contributed by atoms with van der Waals surface area (Å²) >= 11 is 3.37. The number of hydrogen-bond acceptors (Lipinski definition) is 4. The highest BCUT2D eigenvalue weighted by Crippen LogP contribution is 2.28. The minimum atomic E-state index is -0.523. The van der Waals surface area contributed by atoms with Gasteiger partial charge in [0.05, 0.1) is 23.8 Å². The van der Waals surface area contributed by atoms with E-state index >= 15 is 0 Å². The van der Waals surface area contributed by atoms with Crippen LogP contribution in [-0.2, 0) is 6.42 Å². The molecule has 0 unspecified atom stereocenters. The molecule has 7 nitrogen and oxygen atoms in total. The van der Waals surface area contributed by atoms with E-state index < -0.39 is 11.0 Å².